The van der Waals surface area contributed by atoms with Crippen molar-refractivity contribution in [2.24, 2.45) is 4.99 Å². The zero-order chi connectivity index (χ0) is 17.1. The molecule has 0 unspecified atom stereocenters. The summed E-state index contributed by atoms with van der Waals surface area (Å²) in [5, 5.41) is 9.03. The Hall–Kier alpha value is -3.14. The third kappa shape index (κ3) is 3.13. The van der Waals surface area contributed by atoms with Gasteiger partial charge in [-0.3, -0.25) is 4.99 Å². The molecule has 0 saturated heterocycles. The molecule has 0 aliphatic rings. The fourth-order valence-corrected chi connectivity index (χ4v) is 2.66. The van der Waals surface area contributed by atoms with Gasteiger partial charge in [0.1, 0.15) is 0 Å². The Kier molecular flexibility index (Phi) is 4.29. The van der Waals surface area contributed by atoms with Crippen LogP contribution in [0.1, 0.15) is 27.3 Å². The third-order valence-corrected chi connectivity index (χ3v) is 3.90. The molecule has 4 nitrogen and oxygen atoms in total. The van der Waals surface area contributed by atoms with Crippen LogP contribution in [0.15, 0.2) is 65.7 Å². The second kappa shape index (κ2) is 6.54. The van der Waals surface area contributed by atoms with Crippen LogP contribution in [-0.4, -0.2) is 21.9 Å². The van der Waals surface area contributed by atoms with Gasteiger partial charge in [-0.2, -0.15) is 0 Å². The highest BCUT2D eigenvalue weighted by Crippen LogP contribution is 2.21. The van der Waals surface area contributed by atoms with Crippen LogP contribution in [0.5, 0.6) is 0 Å². The second-order valence-corrected chi connectivity index (χ2v) is 5.64. The zero-order valence-electron chi connectivity index (χ0n) is 13.6. The standard InChI is InChI=1S/C20H18N2O2/c1-14-12-16(20(23)24)9-11-19(14)21-13-18-10-8-15(2)22(18)17-6-4-3-5-7-17/h3-13H,1-2H3,(H,23,24). The van der Waals surface area contributed by atoms with Crippen LogP contribution >= 0.6 is 0 Å². The van der Waals surface area contributed by atoms with Crippen molar-refractivity contribution in [3.8, 4) is 5.69 Å². The average Bonchev–Trinajstić information content (AvgIpc) is 2.95. The van der Waals surface area contributed by atoms with Gasteiger partial charge in [0.25, 0.3) is 0 Å². The Bertz CT molecular complexity index is 909. The molecule has 0 saturated carbocycles. The van der Waals surface area contributed by atoms with E-state index in [1.807, 2.05) is 37.4 Å². The molecule has 1 aromatic heterocycles. The van der Waals surface area contributed by atoms with Crippen molar-refractivity contribution >= 4 is 17.9 Å². The van der Waals surface area contributed by atoms with E-state index in [0.717, 1.165) is 28.3 Å². The van der Waals surface area contributed by atoms with E-state index in [1.54, 1.807) is 18.2 Å². The third-order valence-electron chi connectivity index (χ3n) is 3.90. The highest BCUT2D eigenvalue weighted by molar-refractivity contribution is 5.89. The summed E-state index contributed by atoms with van der Waals surface area (Å²) in [7, 11) is 0. The Balaban J connectivity index is 1.95. The van der Waals surface area contributed by atoms with Crippen LogP contribution < -0.4 is 0 Å². The number of nitrogens with zero attached hydrogens (tertiary/aromatic N) is 2. The first kappa shape index (κ1) is 15.7. The molecule has 0 amide bonds. The minimum Gasteiger partial charge on any atom is -0.478 e. The molecule has 0 radical (unpaired) electrons. The summed E-state index contributed by atoms with van der Waals surface area (Å²) in [6.07, 6.45) is 1.81. The number of aromatic nitrogens is 1. The van der Waals surface area contributed by atoms with Gasteiger partial charge in [0, 0.05) is 11.4 Å². The van der Waals surface area contributed by atoms with Crippen molar-refractivity contribution in [1.82, 2.24) is 4.57 Å². The number of aryl methyl sites for hydroxylation is 2. The lowest BCUT2D eigenvalue weighted by molar-refractivity contribution is 0.0697. The maximum Gasteiger partial charge on any atom is 0.335 e. The molecule has 0 aliphatic heterocycles. The van der Waals surface area contributed by atoms with Crippen LogP contribution in [0.25, 0.3) is 5.69 Å². The molecular weight excluding hydrogens is 300 g/mol. The first-order chi connectivity index (χ1) is 11.6. The van der Waals surface area contributed by atoms with Gasteiger partial charge in [-0.15, -0.1) is 0 Å². The lowest BCUT2D eigenvalue weighted by Crippen LogP contribution is -2.01. The van der Waals surface area contributed by atoms with Crippen molar-refractivity contribution in [3.05, 3.63) is 83.2 Å². The topological polar surface area (TPSA) is 54.6 Å². The summed E-state index contributed by atoms with van der Waals surface area (Å²) < 4.78 is 2.13. The SMILES string of the molecule is Cc1cc(C(=O)O)ccc1N=Cc1ccc(C)n1-c1ccccc1. The number of carbonyl (C=O) groups is 1. The highest BCUT2D eigenvalue weighted by Gasteiger charge is 2.07. The predicted octanol–water partition coefficient (Wildman–Crippen LogP) is 4.54. The first-order valence-corrected chi connectivity index (χ1v) is 7.68. The van der Waals surface area contributed by atoms with E-state index >= 15 is 0 Å². The quantitative estimate of drug-likeness (QED) is 0.718. The van der Waals surface area contributed by atoms with E-state index in [2.05, 4.69) is 34.7 Å². The van der Waals surface area contributed by atoms with Gasteiger partial charge in [-0.25, -0.2) is 4.79 Å². The summed E-state index contributed by atoms with van der Waals surface area (Å²) in [6.45, 7) is 3.91. The molecule has 0 spiro atoms. The molecule has 0 fully saturated rings. The van der Waals surface area contributed by atoms with Crippen LogP contribution in [-0.2, 0) is 0 Å². The summed E-state index contributed by atoms with van der Waals surface area (Å²) in [4.78, 5) is 15.5. The zero-order valence-corrected chi connectivity index (χ0v) is 13.6. The minimum absolute atomic E-state index is 0.273. The van der Waals surface area contributed by atoms with Crippen LogP contribution in [0.2, 0.25) is 0 Å². The molecule has 4 heteroatoms. The molecule has 3 rings (SSSR count). The van der Waals surface area contributed by atoms with E-state index in [4.69, 9.17) is 5.11 Å². The van der Waals surface area contributed by atoms with E-state index in [-0.39, 0.29) is 5.56 Å². The maximum atomic E-state index is 11.0. The summed E-state index contributed by atoms with van der Waals surface area (Å²) in [5.74, 6) is -0.929. The number of aliphatic imine (C=N–C) groups is 1. The van der Waals surface area contributed by atoms with E-state index < -0.39 is 5.97 Å². The molecule has 0 aliphatic carbocycles. The van der Waals surface area contributed by atoms with Gasteiger partial charge in [0.05, 0.1) is 23.2 Å². The van der Waals surface area contributed by atoms with Crippen molar-refractivity contribution in [2.75, 3.05) is 0 Å². The Morgan fingerprint density at radius 1 is 1.04 bits per heavy atom. The van der Waals surface area contributed by atoms with Gasteiger partial charge in [-0.1, -0.05) is 18.2 Å². The molecule has 120 valence electrons. The Labute approximate surface area is 140 Å². The maximum absolute atomic E-state index is 11.0. The Morgan fingerprint density at radius 2 is 1.79 bits per heavy atom. The number of para-hydroxylation sites is 1. The smallest absolute Gasteiger partial charge is 0.335 e. The minimum atomic E-state index is -0.929. The summed E-state index contributed by atoms with van der Waals surface area (Å²) in [5.41, 5.74) is 5.05. The lowest BCUT2D eigenvalue weighted by atomic mass is 10.1. The van der Waals surface area contributed by atoms with Crippen molar-refractivity contribution in [2.45, 2.75) is 13.8 Å². The van der Waals surface area contributed by atoms with Crippen LogP contribution in [0.4, 0.5) is 5.69 Å². The Morgan fingerprint density at radius 3 is 2.46 bits per heavy atom. The summed E-state index contributed by atoms with van der Waals surface area (Å²) >= 11 is 0. The normalized spacial score (nSPS) is 11.1. The number of carboxylic acids is 1. The second-order valence-electron chi connectivity index (χ2n) is 5.64. The number of hydrogen-bond acceptors (Lipinski definition) is 2. The number of carboxylic acid groups (broad SMARTS) is 1. The van der Waals surface area contributed by atoms with E-state index in [1.165, 1.54) is 0 Å². The number of rotatable bonds is 4. The van der Waals surface area contributed by atoms with Crippen LogP contribution in [0, 0.1) is 13.8 Å². The predicted molar refractivity (Wildman–Crippen MR) is 95.9 cm³/mol. The van der Waals surface area contributed by atoms with Crippen molar-refractivity contribution in [1.29, 1.82) is 0 Å². The van der Waals surface area contributed by atoms with Gasteiger partial charge in [0.2, 0.25) is 0 Å². The molecule has 3 aromatic rings. The molecular formula is C20H18N2O2. The monoisotopic (exact) mass is 318 g/mol. The van der Waals surface area contributed by atoms with Crippen molar-refractivity contribution < 1.29 is 9.90 Å². The van der Waals surface area contributed by atoms with E-state index in [0.29, 0.717) is 0 Å². The van der Waals surface area contributed by atoms with Crippen LogP contribution in [0.3, 0.4) is 0 Å². The van der Waals surface area contributed by atoms with Crippen molar-refractivity contribution in [3.63, 3.8) is 0 Å². The van der Waals surface area contributed by atoms with Gasteiger partial charge in [0.15, 0.2) is 0 Å². The molecule has 0 atom stereocenters. The summed E-state index contributed by atoms with van der Waals surface area (Å²) in [6, 6.07) is 19.1. The fraction of sp³-hybridized carbons (Fsp3) is 0.100. The molecule has 2 aromatic carbocycles. The number of hydrogen-bond donors (Lipinski definition) is 1. The number of benzene rings is 2. The number of aromatic carboxylic acids is 1. The lowest BCUT2D eigenvalue weighted by Gasteiger charge is -2.09. The van der Waals surface area contributed by atoms with Gasteiger partial charge < -0.3 is 9.67 Å². The largest absolute Gasteiger partial charge is 0.478 e. The molecule has 1 heterocycles. The average molecular weight is 318 g/mol. The van der Waals surface area contributed by atoms with Gasteiger partial charge >= 0.3 is 5.97 Å². The fourth-order valence-electron chi connectivity index (χ4n) is 2.66. The van der Waals surface area contributed by atoms with Gasteiger partial charge in [-0.05, 0) is 61.9 Å². The molecule has 1 N–H and O–H groups in total. The molecule has 0 bridgehead atoms. The van der Waals surface area contributed by atoms with E-state index in [9.17, 15) is 4.79 Å². The molecule has 24 heavy (non-hydrogen) atoms. The first-order valence-electron chi connectivity index (χ1n) is 7.68. The highest BCUT2D eigenvalue weighted by atomic mass is 16.4.